The smallest absolute Gasteiger partial charge is 0.0418 e. The van der Waals surface area contributed by atoms with E-state index in [0.717, 1.165) is 0 Å². The Morgan fingerprint density at radius 3 is 1.11 bits per heavy atom. The van der Waals surface area contributed by atoms with E-state index in [2.05, 4.69) is 95.6 Å². The molecule has 1 saturated carbocycles. The predicted octanol–water partition coefficient (Wildman–Crippen LogP) is 6.92. The van der Waals surface area contributed by atoms with Gasteiger partial charge in [0.05, 0.1) is 0 Å². The minimum atomic E-state index is 0.394. The van der Waals surface area contributed by atoms with Crippen LogP contribution in [0.25, 0.3) is 0 Å². The third kappa shape index (κ3) is 5.94. The van der Waals surface area contributed by atoms with Crippen molar-refractivity contribution in [1.82, 2.24) is 0 Å². The maximum atomic E-state index is 3.84. The van der Waals surface area contributed by atoms with E-state index in [1.165, 1.54) is 38.5 Å². The van der Waals surface area contributed by atoms with Crippen LogP contribution in [0.1, 0.15) is 38.5 Å². The Labute approximate surface area is 161 Å². The molecule has 0 aromatic carbocycles. The highest BCUT2D eigenvalue weighted by Crippen LogP contribution is 2.37. The van der Waals surface area contributed by atoms with E-state index in [1.54, 1.807) is 0 Å². The van der Waals surface area contributed by atoms with Gasteiger partial charge in [-0.25, -0.2) is 0 Å². The lowest BCUT2D eigenvalue weighted by Crippen LogP contribution is -2.39. The van der Waals surface area contributed by atoms with Gasteiger partial charge < -0.3 is 0 Å². The Kier molecular flexibility index (Phi) is 10.3. The normalized spacial score (nSPS) is 45.0. The van der Waals surface area contributed by atoms with E-state index in [1.807, 2.05) is 0 Å². The monoisotopic (exact) mass is 636 g/mol. The Bertz CT molecular complexity index is 213. The molecule has 0 aliphatic heterocycles. The Morgan fingerprint density at radius 2 is 0.778 bits per heavy atom. The lowest BCUT2D eigenvalue weighted by molar-refractivity contribution is 0.549. The Hall–Kier alpha value is 2.88. The second kappa shape index (κ2) is 9.81. The summed E-state index contributed by atoms with van der Waals surface area (Å²) >= 11 is 23.0. The van der Waals surface area contributed by atoms with Gasteiger partial charge in [0.15, 0.2) is 0 Å². The summed E-state index contributed by atoms with van der Waals surface area (Å²) in [5.41, 5.74) is 0. The Morgan fingerprint density at radius 1 is 0.444 bits per heavy atom. The van der Waals surface area contributed by atoms with Crippen LogP contribution in [0, 0.1) is 0 Å². The molecule has 0 radical (unpaired) electrons. The first-order chi connectivity index (χ1) is 8.45. The fourth-order valence-corrected chi connectivity index (χ4v) is 7.63. The van der Waals surface area contributed by atoms with Gasteiger partial charge in [0.25, 0.3) is 0 Å². The first-order valence-electron chi connectivity index (χ1n) is 6.29. The van der Waals surface area contributed by atoms with E-state index in [-0.39, 0.29) is 0 Å². The van der Waals surface area contributed by atoms with Crippen LogP contribution < -0.4 is 0 Å². The molecule has 0 N–H and O–H groups in total. The van der Waals surface area contributed by atoms with Crippen molar-refractivity contribution in [2.24, 2.45) is 0 Å². The van der Waals surface area contributed by atoms with Crippen LogP contribution in [0.3, 0.4) is 0 Å². The molecule has 0 saturated heterocycles. The quantitative estimate of drug-likeness (QED) is 0.252. The van der Waals surface area contributed by atoms with Crippen LogP contribution in [0.15, 0.2) is 0 Å². The zero-order chi connectivity index (χ0) is 13.7. The molecular weight excluding hydrogens is 624 g/mol. The molecule has 0 bridgehead atoms. The lowest BCUT2D eigenvalue weighted by Gasteiger charge is -2.31. The summed E-state index contributed by atoms with van der Waals surface area (Å²) in [6.07, 6.45) is 7.80. The number of hydrogen-bond acceptors (Lipinski definition) is 0. The van der Waals surface area contributed by atoms with E-state index >= 15 is 0 Å². The van der Waals surface area contributed by atoms with Gasteiger partial charge in [0.1, 0.15) is 0 Å². The predicted molar refractivity (Wildman–Crippen MR) is 104 cm³/mol. The summed E-state index contributed by atoms with van der Waals surface area (Å²) in [5.74, 6) is 0. The molecule has 108 valence electrons. The van der Waals surface area contributed by atoms with Crippen molar-refractivity contribution >= 4 is 95.6 Å². The van der Waals surface area contributed by atoms with Crippen LogP contribution in [-0.2, 0) is 0 Å². The van der Waals surface area contributed by atoms with Gasteiger partial charge in [-0.05, 0) is 12.8 Å². The van der Waals surface area contributed by atoms with Crippen molar-refractivity contribution in [3.63, 3.8) is 0 Å². The summed E-state index contributed by atoms with van der Waals surface area (Å²) in [6, 6.07) is 0. The van der Waals surface area contributed by atoms with Crippen molar-refractivity contribution in [2.75, 3.05) is 0 Å². The molecule has 0 unspecified atom stereocenters. The van der Waals surface area contributed by atoms with Crippen molar-refractivity contribution < 1.29 is 0 Å². The molecular formula is C12H18Br6. The molecule has 18 heavy (non-hydrogen) atoms. The topological polar surface area (TPSA) is 0 Å². The first kappa shape index (κ1) is 18.9. The fourth-order valence-electron chi connectivity index (χ4n) is 2.10. The minimum absolute atomic E-state index is 0.394. The van der Waals surface area contributed by atoms with Gasteiger partial charge >= 0.3 is 0 Å². The molecule has 0 aromatic heterocycles. The minimum Gasteiger partial charge on any atom is -0.0878 e. The first-order valence-corrected chi connectivity index (χ1v) is 11.8. The summed E-state index contributed by atoms with van der Waals surface area (Å²) in [4.78, 5) is 2.70. The molecule has 0 amide bonds. The van der Waals surface area contributed by atoms with Crippen LogP contribution in [-0.4, -0.2) is 29.0 Å². The van der Waals surface area contributed by atoms with E-state index in [9.17, 15) is 0 Å². The van der Waals surface area contributed by atoms with Gasteiger partial charge in [-0.2, -0.15) is 0 Å². The number of alkyl halides is 6. The molecule has 0 spiro atoms. The van der Waals surface area contributed by atoms with Crippen LogP contribution in [0.2, 0.25) is 0 Å². The third-order valence-electron chi connectivity index (χ3n) is 3.31. The van der Waals surface area contributed by atoms with Crippen LogP contribution >= 0.6 is 95.6 Å². The number of halogens is 6. The fraction of sp³-hybridized carbons (Fsp3) is 1.00. The molecule has 6 atom stereocenters. The highest BCUT2D eigenvalue weighted by molar-refractivity contribution is 9.15. The maximum Gasteiger partial charge on any atom is 0.0418 e. The van der Waals surface area contributed by atoms with Gasteiger partial charge in [-0.1, -0.05) is 121 Å². The number of hydrogen-bond donors (Lipinski definition) is 0. The standard InChI is InChI=1S/C12H18Br6/c13-7-5-3-1-2-4-6-8(14)10(16)12(18)11(17)9(7)15/h7-12H,1-6H2/t7-,8+,9-,10-,11-,12+/m1/s1. The molecule has 0 heterocycles. The van der Waals surface area contributed by atoms with E-state index in [4.69, 9.17) is 0 Å². The van der Waals surface area contributed by atoms with Crippen LogP contribution in [0.4, 0.5) is 0 Å². The summed E-state index contributed by atoms with van der Waals surface area (Å²) in [7, 11) is 0. The highest BCUT2D eigenvalue weighted by Gasteiger charge is 2.35. The molecule has 6 heteroatoms. The van der Waals surface area contributed by atoms with Crippen LogP contribution in [0.5, 0.6) is 0 Å². The average Bonchev–Trinajstić information content (AvgIpc) is 2.37. The van der Waals surface area contributed by atoms with Gasteiger partial charge in [0.2, 0.25) is 0 Å². The molecule has 1 aliphatic rings. The SMILES string of the molecule is Br[C@@H]1[C@H](Br)[C@H](Br)[C@H](Br)CCCCCC[C@H](Br)[C@H]1Br. The average molecular weight is 642 g/mol. The van der Waals surface area contributed by atoms with Crippen molar-refractivity contribution in [3.05, 3.63) is 0 Å². The van der Waals surface area contributed by atoms with E-state index in [0.29, 0.717) is 29.0 Å². The molecule has 1 rings (SSSR count). The number of rotatable bonds is 0. The highest BCUT2D eigenvalue weighted by atomic mass is 79.9. The molecule has 1 fully saturated rings. The summed E-state index contributed by atoms with van der Waals surface area (Å²) < 4.78 is 0. The van der Waals surface area contributed by atoms with Gasteiger partial charge in [-0.15, -0.1) is 0 Å². The maximum absolute atomic E-state index is 3.84. The largest absolute Gasteiger partial charge is 0.0878 e. The summed E-state index contributed by atoms with van der Waals surface area (Å²) in [5, 5.41) is 0. The summed E-state index contributed by atoms with van der Waals surface area (Å²) in [6.45, 7) is 0. The zero-order valence-electron chi connectivity index (χ0n) is 9.97. The second-order valence-corrected chi connectivity index (χ2v) is 11.4. The molecule has 0 aromatic rings. The van der Waals surface area contributed by atoms with Gasteiger partial charge in [0, 0.05) is 29.0 Å². The molecule has 1 aliphatic carbocycles. The van der Waals surface area contributed by atoms with Crippen molar-refractivity contribution in [3.8, 4) is 0 Å². The van der Waals surface area contributed by atoms with E-state index < -0.39 is 0 Å². The Balaban J connectivity index is 2.71. The second-order valence-electron chi connectivity index (χ2n) is 4.80. The lowest BCUT2D eigenvalue weighted by atomic mass is 10.0. The molecule has 0 nitrogen and oxygen atoms in total. The van der Waals surface area contributed by atoms with Crippen molar-refractivity contribution in [2.45, 2.75) is 67.5 Å². The third-order valence-corrected chi connectivity index (χ3v) is 13.6. The zero-order valence-corrected chi connectivity index (χ0v) is 19.5. The van der Waals surface area contributed by atoms with Crippen molar-refractivity contribution in [1.29, 1.82) is 0 Å². The van der Waals surface area contributed by atoms with Gasteiger partial charge in [-0.3, -0.25) is 0 Å².